The summed E-state index contributed by atoms with van der Waals surface area (Å²) in [5.41, 5.74) is -0.491. The summed E-state index contributed by atoms with van der Waals surface area (Å²) in [6.07, 6.45) is -2.33. The van der Waals surface area contributed by atoms with Gasteiger partial charge in [0.15, 0.2) is 0 Å². The van der Waals surface area contributed by atoms with Crippen molar-refractivity contribution in [2.75, 3.05) is 0 Å². The summed E-state index contributed by atoms with van der Waals surface area (Å²) >= 11 is 5.79. The first-order chi connectivity index (χ1) is 8.00. The topological polar surface area (TPSA) is 98.5 Å². The molecule has 0 bridgehead atoms. The van der Waals surface area contributed by atoms with Gasteiger partial charge < -0.3 is 4.74 Å². The van der Waals surface area contributed by atoms with Crippen molar-refractivity contribution in [1.29, 1.82) is 0 Å². The van der Waals surface area contributed by atoms with Gasteiger partial charge in [-0.1, -0.05) is 17.7 Å². The van der Waals surface area contributed by atoms with E-state index in [1.54, 1.807) is 0 Å². The van der Waals surface area contributed by atoms with Gasteiger partial charge in [0.25, 0.3) is 11.6 Å². The number of hydrogen-bond acceptors (Lipinski definition) is 5. The van der Waals surface area contributed by atoms with Gasteiger partial charge in [0, 0.05) is 6.07 Å². The van der Waals surface area contributed by atoms with Crippen molar-refractivity contribution in [2.45, 2.75) is 6.10 Å². The lowest BCUT2D eigenvalue weighted by Crippen LogP contribution is -2.21. The molecule has 88 valence electrons. The van der Waals surface area contributed by atoms with E-state index in [9.17, 15) is 19.7 Å². The Morgan fingerprint density at radius 3 is 2.65 bits per heavy atom. The van der Waals surface area contributed by atoms with E-state index in [1.807, 2.05) is 5.32 Å². The van der Waals surface area contributed by atoms with Crippen LogP contribution < -0.4 is 5.32 Å². The summed E-state index contributed by atoms with van der Waals surface area (Å²) < 4.78 is 4.64. The predicted molar refractivity (Wildman–Crippen MR) is 55.5 cm³/mol. The van der Waals surface area contributed by atoms with Gasteiger partial charge in [0.2, 0.25) is 6.10 Å². The monoisotopic (exact) mass is 256 g/mol. The molecule has 8 heteroatoms. The lowest BCUT2D eigenvalue weighted by Gasteiger charge is -2.08. The van der Waals surface area contributed by atoms with Gasteiger partial charge in [-0.25, -0.2) is 4.79 Å². The number of nitro groups is 1. The maximum atomic E-state index is 11.4. The van der Waals surface area contributed by atoms with Crippen LogP contribution in [-0.2, 0) is 9.53 Å². The molecule has 2 amide bonds. The number of nitrogens with one attached hydrogen (secondary N) is 1. The third-order valence-electron chi connectivity index (χ3n) is 2.18. The Kier molecular flexibility index (Phi) is 2.68. The maximum absolute atomic E-state index is 11.4. The first-order valence-electron chi connectivity index (χ1n) is 4.45. The minimum absolute atomic E-state index is 0.00551. The van der Waals surface area contributed by atoms with Crippen molar-refractivity contribution in [1.82, 2.24) is 5.32 Å². The van der Waals surface area contributed by atoms with Crippen LogP contribution in [0.3, 0.4) is 0 Å². The number of carbonyl (C=O) groups is 2. The quantitative estimate of drug-likeness (QED) is 0.639. The van der Waals surface area contributed by atoms with Crippen LogP contribution in [0.25, 0.3) is 0 Å². The number of alkyl carbamates (subject to hydrolysis) is 1. The van der Waals surface area contributed by atoms with E-state index in [0.717, 1.165) is 0 Å². The highest BCUT2D eigenvalue weighted by Crippen LogP contribution is 2.35. The lowest BCUT2D eigenvalue weighted by molar-refractivity contribution is -0.386. The smallest absolute Gasteiger partial charge is 0.415 e. The first-order valence-corrected chi connectivity index (χ1v) is 4.83. The molecule has 1 saturated heterocycles. The third-order valence-corrected chi connectivity index (χ3v) is 2.51. The fraction of sp³-hybridized carbons (Fsp3) is 0.111. The van der Waals surface area contributed by atoms with Crippen molar-refractivity contribution in [2.24, 2.45) is 0 Å². The van der Waals surface area contributed by atoms with Crippen molar-refractivity contribution in [3.05, 3.63) is 38.9 Å². The van der Waals surface area contributed by atoms with E-state index < -0.39 is 23.0 Å². The molecule has 0 spiro atoms. The van der Waals surface area contributed by atoms with Crippen LogP contribution in [-0.4, -0.2) is 16.9 Å². The number of halogens is 1. The molecule has 1 aliphatic heterocycles. The van der Waals surface area contributed by atoms with Crippen LogP contribution in [0.1, 0.15) is 11.7 Å². The van der Waals surface area contributed by atoms with Gasteiger partial charge >= 0.3 is 6.09 Å². The number of carbonyl (C=O) groups excluding carboxylic acids is 2. The van der Waals surface area contributed by atoms with Gasteiger partial charge in [0.1, 0.15) is 0 Å². The Hall–Kier alpha value is -2.15. The van der Waals surface area contributed by atoms with Crippen LogP contribution in [0.15, 0.2) is 18.2 Å². The van der Waals surface area contributed by atoms with E-state index in [0.29, 0.717) is 0 Å². The Morgan fingerprint density at radius 1 is 1.41 bits per heavy atom. The molecule has 2 rings (SSSR count). The summed E-state index contributed by atoms with van der Waals surface area (Å²) in [7, 11) is 0. The second-order valence-electron chi connectivity index (χ2n) is 3.20. The number of nitro benzene ring substituents is 1. The second kappa shape index (κ2) is 4.02. The van der Waals surface area contributed by atoms with E-state index in [-0.39, 0.29) is 16.3 Å². The number of nitrogens with zero attached hydrogens (tertiary/aromatic N) is 1. The average Bonchev–Trinajstić information content (AvgIpc) is 2.57. The number of imide groups is 1. The fourth-order valence-electron chi connectivity index (χ4n) is 1.49. The van der Waals surface area contributed by atoms with Crippen molar-refractivity contribution in [3.63, 3.8) is 0 Å². The molecule has 1 unspecified atom stereocenters. The zero-order chi connectivity index (χ0) is 12.6. The molecule has 0 aromatic heterocycles. The first kappa shape index (κ1) is 11.3. The number of cyclic esters (lactones) is 1. The van der Waals surface area contributed by atoms with Gasteiger partial charge in [-0.05, 0) is 6.07 Å². The summed E-state index contributed by atoms with van der Waals surface area (Å²) in [5, 5.41) is 12.7. The summed E-state index contributed by atoms with van der Waals surface area (Å²) in [5.74, 6) is -0.772. The van der Waals surface area contributed by atoms with Crippen molar-refractivity contribution in [3.8, 4) is 0 Å². The number of amides is 2. The summed E-state index contributed by atoms with van der Waals surface area (Å²) in [6, 6.07) is 3.93. The van der Waals surface area contributed by atoms with Gasteiger partial charge in [-0.15, -0.1) is 0 Å². The Bertz CT molecular complexity index is 530. The lowest BCUT2D eigenvalue weighted by atomic mass is 10.1. The number of ether oxygens (including phenoxy) is 1. The highest BCUT2D eigenvalue weighted by atomic mass is 35.5. The highest BCUT2D eigenvalue weighted by Gasteiger charge is 2.39. The molecule has 1 atom stereocenters. The standard InChI is InChI=1S/C9H5ClN2O5/c10-4-2-1-3-5(12(15)16)6(4)7-8(13)11-9(14)17-7/h1-3,7H,(H,11,13,14). The molecule has 17 heavy (non-hydrogen) atoms. The van der Waals surface area contributed by atoms with Crippen molar-refractivity contribution < 1.29 is 19.2 Å². The molecule has 7 nitrogen and oxygen atoms in total. The van der Waals surface area contributed by atoms with E-state index >= 15 is 0 Å². The Balaban J connectivity index is 2.54. The summed E-state index contributed by atoms with van der Waals surface area (Å²) in [6.45, 7) is 0. The van der Waals surface area contributed by atoms with Crippen LogP contribution in [0.2, 0.25) is 5.02 Å². The van der Waals surface area contributed by atoms with E-state index in [1.165, 1.54) is 18.2 Å². The van der Waals surface area contributed by atoms with Crippen LogP contribution in [0.4, 0.5) is 10.5 Å². The normalized spacial score (nSPS) is 18.8. The minimum Gasteiger partial charge on any atom is -0.430 e. The molecule has 0 aliphatic carbocycles. The molecule has 1 N–H and O–H groups in total. The molecule has 1 heterocycles. The Labute approximate surface area is 99.5 Å². The molecule has 0 radical (unpaired) electrons. The number of rotatable bonds is 2. The molecule has 1 aliphatic rings. The molecule has 1 aromatic carbocycles. The maximum Gasteiger partial charge on any atom is 0.415 e. The highest BCUT2D eigenvalue weighted by molar-refractivity contribution is 6.32. The SMILES string of the molecule is O=C1NC(=O)C(c2c(Cl)cccc2[N+](=O)[O-])O1. The van der Waals surface area contributed by atoms with Crippen LogP contribution >= 0.6 is 11.6 Å². The van der Waals surface area contributed by atoms with Gasteiger partial charge in [-0.2, -0.15) is 0 Å². The Morgan fingerprint density at radius 2 is 2.12 bits per heavy atom. The van der Waals surface area contributed by atoms with E-state index in [4.69, 9.17) is 11.6 Å². The predicted octanol–water partition coefficient (Wildman–Crippen LogP) is 1.56. The number of hydrogen-bond donors (Lipinski definition) is 1. The molecular formula is C9H5ClN2O5. The zero-order valence-corrected chi connectivity index (χ0v) is 8.93. The molecule has 0 saturated carbocycles. The third kappa shape index (κ3) is 1.92. The average molecular weight is 257 g/mol. The zero-order valence-electron chi connectivity index (χ0n) is 8.18. The van der Waals surface area contributed by atoms with Gasteiger partial charge in [-0.3, -0.25) is 20.2 Å². The second-order valence-corrected chi connectivity index (χ2v) is 3.61. The largest absolute Gasteiger partial charge is 0.430 e. The molecular weight excluding hydrogens is 252 g/mol. The molecule has 1 fully saturated rings. The van der Waals surface area contributed by atoms with E-state index in [2.05, 4.69) is 4.74 Å². The minimum atomic E-state index is -1.38. The number of benzene rings is 1. The molecule has 1 aromatic rings. The summed E-state index contributed by atoms with van der Waals surface area (Å²) in [4.78, 5) is 32.3. The fourth-order valence-corrected chi connectivity index (χ4v) is 1.76. The van der Waals surface area contributed by atoms with Crippen LogP contribution in [0.5, 0.6) is 0 Å². The van der Waals surface area contributed by atoms with Gasteiger partial charge in [0.05, 0.1) is 15.5 Å². The van der Waals surface area contributed by atoms with Crippen LogP contribution in [0, 0.1) is 10.1 Å². The van der Waals surface area contributed by atoms with Crippen molar-refractivity contribution >= 4 is 29.3 Å².